The fourth-order valence-corrected chi connectivity index (χ4v) is 7.60. The molecule has 2 nitrogen and oxygen atoms in total. The van der Waals surface area contributed by atoms with E-state index in [0.717, 1.165) is 22.5 Å². The molecule has 3 aromatic heterocycles. The Morgan fingerprint density at radius 3 is 2.22 bits per heavy atom. The van der Waals surface area contributed by atoms with Crippen molar-refractivity contribution in [1.29, 1.82) is 0 Å². The van der Waals surface area contributed by atoms with Gasteiger partial charge in [-0.2, -0.15) is 11.3 Å². The quantitative estimate of drug-likeness (QED) is 0.128. The van der Waals surface area contributed by atoms with Gasteiger partial charge in [-0.05, 0) is 55.8 Å². The van der Waals surface area contributed by atoms with Crippen LogP contribution in [-0.2, 0) is 20.1 Å². The molecule has 0 saturated heterocycles. The van der Waals surface area contributed by atoms with Gasteiger partial charge in [-0.25, -0.2) is 0 Å². The molecule has 0 fully saturated rings. The maximum absolute atomic E-state index is 4.67. The molecule has 0 unspecified atom stereocenters. The Balaban J connectivity index is 0.000000202. The number of nitrogens with zero attached hydrogens (tertiary/aromatic N) is 2. The molecule has 0 aliphatic heterocycles. The molecule has 5 heteroatoms. The van der Waals surface area contributed by atoms with E-state index in [4.69, 9.17) is 0 Å². The van der Waals surface area contributed by atoms with Gasteiger partial charge in [0, 0.05) is 37.2 Å². The summed E-state index contributed by atoms with van der Waals surface area (Å²) in [5.74, 6) is 0.480. The third kappa shape index (κ3) is 7.24. The number of pyridine rings is 2. The van der Waals surface area contributed by atoms with Gasteiger partial charge >= 0.3 is 0 Å². The van der Waals surface area contributed by atoms with Crippen LogP contribution in [0.4, 0.5) is 0 Å². The number of thiophene rings is 1. The van der Waals surface area contributed by atoms with Crippen LogP contribution in [0.3, 0.4) is 0 Å². The fourth-order valence-electron chi connectivity index (χ4n) is 5.33. The number of fused-ring (bicyclic) bond motifs is 3. The number of aromatic nitrogens is 2. The first-order valence-electron chi connectivity index (χ1n) is 15.1. The van der Waals surface area contributed by atoms with Crippen molar-refractivity contribution in [3.05, 3.63) is 139 Å². The van der Waals surface area contributed by atoms with E-state index in [9.17, 15) is 0 Å². The summed E-state index contributed by atoms with van der Waals surface area (Å²) in [4.78, 5) is 9.19. The van der Waals surface area contributed by atoms with E-state index in [1.165, 1.54) is 42.0 Å². The van der Waals surface area contributed by atoms with Crippen molar-refractivity contribution >= 4 is 44.8 Å². The number of rotatable bonds is 5. The van der Waals surface area contributed by atoms with Crippen LogP contribution in [-0.4, -0.2) is 18.0 Å². The molecule has 0 aliphatic rings. The zero-order valence-electron chi connectivity index (χ0n) is 26.3. The van der Waals surface area contributed by atoms with E-state index in [-0.39, 0.29) is 20.1 Å². The molecular formula is C40H36IrN2SSi-2. The minimum atomic E-state index is -1.23. The molecule has 3 heterocycles. The van der Waals surface area contributed by atoms with Gasteiger partial charge in [0.2, 0.25) is 0 Å². The standard InChI is InChI=1S/C26H20NS.C14H16NSi.Ir/c1-17(2)19-14-15-27-23(16-19)21-11-6-12-22-25-20(18-8-4-3-5-9-18)10-7-13-24(25)28-26(21)22;1-16(2,3)13-9-10-14(15-11-13)12-7-5-4-6-8-12;/h3-10,12-17H,1-2H3;4-7,9-11H,1-3H3;/q2*-1;. The first-order chi connectivity index (χ1) is 21.3. The van der Waals surface area contributed by atoms with Crippen LogP contribution in [0.5, 0.6) is 0 Å². The van der Waals surface area contributed by atoms with E-state index in [2.05, 4.69) is 134 Å². The van der Waals surface area contributed by atoms with Gasteiger partial charge in [-0.15, -0.1) is 59.7 Å². The summed E-state index contributed by atoms with van der Waals surface area (Å²) < 4.78 is 2.56. The Morgan fingerprint density at radius 2 is 1.53 bits per heavy atom. The molecule has 0 spiro atoms. The predicted octanol–water partition coefficient (Wildman–Crippen LogP) is 10.8. The topological polar surface area (TPSA) is 25.8 Å². The van der Waals surface area contributed by atoms with Gasteiger partial charge in [0.15, 0.2) is 0 Å². The van der Waals surface area contributed by atoms with Crippen LogP contribution >= 0.6 is 11.3 Å². The summed E-state index contributed by atoms with van der Waals surface area (Å²) >= 11 is 1.83. The normalized spacial score (nSPS) is 11.2. The summed E-state index contributed by atoms with van der Waals surface area (Å²) in [6, 6.07) is 44.7. The summed E-state index contributed by atoms with van der Waals surface area (Å²) in [6.07, 6.45) is 3.93. The minimum absolute atomic E-state index is 0. The molecule has 45 heavy (non-hydrogen) atoms. The molecule has 7 aromatic rings. The molecule has 0 bridgehead atoms. The Labute approximate surface area is 285 Å². The predicted molar refractivity (Wildman–Crippen MR) is 192 cm³/mol. The van der Waals surface area contributed by atoms with Crippen molar-refractivity contribution < 1.29 is 20.1 Å². The van der Waals surface area contributed by atoms with Crippen LogP contribution in [0.1, 0.15) is 25.3 Å². The van der Waals surface area contributed by atoms with Gasteiger partial charge in [-0.3, -0.25) is 0 Å². The largest absolute Gasteiger partial charge is 0.305 e. The second-order valence-electron chi connectivity index (χ2n) is 12.3. The molecule has 0 amide bonds. The first-order valence-corrected chi connectivity index (χ1v) is 19.4. The molecule has 227 valence electrons. The van der Waals surface area contributed by atoms with Gasteiger partial charge in [0.25, 0.3) is 0 Å². The molecule has 0 N–H and O–H groups in total. The van der Waals surface area contributed by atoms with Gasteiger partial charge < -0.3 is 9.97 Å². The Morgan fingerprint density at radius 1 is 0.733 bits per heavy atom. The van der Waals surface area contributed by atoms with E-state index >= 15 is 0 Å². The van der Waals surface area contributed by atoms with Crippen LogP contribution in [0.25, 0.3) is 53.8 Å². The molecular weight excluding hydrogens is 761 g/mol. The fraction of sp³-hybridized carbons (Fsp3) is 0.150. The first kappa shape index (κ1) is 32.7. The van der Waals surface area contributed by atoms with Gasteiger partial charge in [0.05, 0.1) is 8.07 Å². The average molecular weight is 797 g/mol. The smallest absolute Gasteiger partial charge is 0.0795 e. The zero-order chi connectivity index (χ0) is 30.7. The third-order valence-electron chi connectivity index (χ3n) is 7.86. The number of hydrogen-bond acceptors (Lipinski definition) is 3. The Hall–Kier alpha value is -3.73. The van der Waals surface area contributed by atoms with E-state index < -0.39 is 8.07 Å². The maximum Gasteiger partial charge on any atom is 0.0795 e. The molecule has 1 radical (unpaired) electrons. The molecule has 0 atom stereocenters. The Bertz CT molecular complexity index is 2010. The monoisotopic (exact) mass is 797 g/mol. The zero-order valence-corrected chi connectivity index (χ0v) is 30.5. The van der Waals surface area contributed by atoms with Gasteiger partial charge in [0.1, 0.15) is 0 Å². The van der Waals surface area contributed by atoms with Crippen molar-refractivity contribution in [3.8, 4) is 33.6 Å². The molecule has 4 aromatic carbocycles. The van der Waals surface area contributed by atoms with E-state index in [1.807, 2.05) is 54.1 Å². The minimum Gasteiger partial charge on any atom is -0.305 e. The summed E-state index contributed by atoms with van der Waals surface area (Å²) in [5.41, 5.74) is 8.01. The third-order valence-corrected chi connectivity index (χ3v) is 11.1. The summed E-state index contributed by atoms with van der Waals surface area (Å²) in [5, 5.41) is 4.00. The van der Waals surface area contributed by atoms with Crippen LogP contribution in [0, 0.1) is 12.1 Å². The van der Waals surface area contributed by atoms with Crippen LogP contribution < -0.4 is 5.19 Å². The summed E-state index contributed by atoms with van der Waals surface area (Å²) in [6.45, 7) is 11.4. The summed E-state index contributed by atoms with van der Waals surface area (Å²) in [7, 11) is -1.23. The second-order valence-corrected chi connectivity index (χ2v) is 18.5. The average Bonchev–Trinajstić information content (AvgIpc) is 3.45. The van der Waals surface area contributed by atoms with Crippen LogP contribution in [0.2, 0.25) is 19.6 Å². The maximum atomic E-state index is 4.67. The van der Waals surface area contributed by atoms with Crippen molar-refractivity contribution in [2.75, 3.05) is 0 Å². The molecule has 7 rings (SSSR count). The van der Waals surface area contributed by atoms with Crippen molar-refractivity contribution in [3.63, 3.8) is 0 Å². The Kier molecular flexibility index (Phi) is 10.3. The van der Waals surface area contributed by atoms with Crippen LogP contribution in [0.15, 0.2) is 122 Å². The second kappa shape index (κ2) is 14.1. The SMILES string of the molecule is CC(C)c1ccnc(-c2[c-]ccc3c2sc2cccc(-c4ccccc4)c23)c1.C[Si](C)(C)c1ccc(-c2[c-]cccc2)nc1.[Ir]. The molecule has 0 aliphatic carbocycles. The van der Waals surface area contributed by atoms with E-state index in [1.54, 1.807) is 0 Å². The molecule has 0 saturated carbocycles. The van der Waals surface area contributed by atoms with Gasteiger partial charge in [-0.1, -0.05) is 105 Å². The number of hydrogen-bond donors (Lipinski definition) is 0. The van der Waals surface area contributed by atoms with Crippen molar-refractivity contribution in [1.82, 2.24) is 9.97 Å². The van der Waals surface area contributed by atoms with Crippen molar-refractivity contribution in [2.24, 2.45) is 0 Å². The number of benzene rings is 4. The van der Waals surface area contributed by atoms with E-state index in [0.29, 0.717) is 5.92 Å². The van der Waals surface area contributed by atoms with Crippen molar-refractivity contribution in [2.45, 2.75) is 39.4 Å².